The number of ether oxygens (including phenoxy) is 1. The zero-order valence-corrected chi connectivity index (χ0v) is 16.5. The van der Waals surface area contributed by atoms with E-state index >= 15 is 0 Å². The van der Waals surface area contributed by atoms with E-state index in [4.69, 9.17) is 4.74 Å². The van der Waals surface area contributed by atoms with Crippen molar-refractivity contribution in [1.82, 2.24) is 18.7 Å². The highest BCUT2D eigenvalue weighted by molar-refractivity contribution is 5.79. The minimum absolute atomic E-state index is 0.244. The van der Waals surface area contributed by atoms with Crippen LogP contribution in [0.3, 0.4) is 0 Å². The maximum atomic E-state index is 13.1. The molecule has 0 spiro atoms. The van der Waals surface area contributed by atoms with Gasteiger partial charge in [-0.15, -0.1) is 0 Å². The Kier molecular flexibility index (Phi) is 4.33. The number of nitrogens with zero attached hydrogens (tertiary/aromatic N) is 5. The minimum atomic E-state index is -0.368. The van der Waals surface area contributed by atoms with Crippen molar-refractivity contribution >= 4 is 22.8 Å². The third-order valence-electron chi connectivity index (χ3n) is 5.15. The zero-order valence-electron chi connectivity index (χ0n) is 16.5. The molecule has 0 N–H and O–H groups in total. The first-order chi connectivity index (χ1) is 13.5. The van der Waals surface area contributed by atoms with Crippen LogP contribution in [0, 0.1) is 6.92 Å². The molecule has 0 bridgehead atoms. The van der Waals surface area contributed by atoms with Crippen LogP contribution in [0.25, 0.3) is 11.2 Å². The fraction of sp³-hybridized carbons (Fsp3) is 0.350. The first-order valence-electron chi connectivity index (χ1n) is 9.21. The molecule has 0 atom stereocenters. The van der Waals surface area contributed by atoms with Gasteiger partial charge in [0.1, 0.15) is 5.75 Å². The van der Waals surface area contributed by atoms with Crippen LogP contribution in [-0.2, 0) is 20.1 Å². The normalized spacial score (nSPS) is 13.6. The highest BCUT2D eigenvalue weighted by Gasteiger charge is 2.30. The van der Waals surface area contributed by atoms with Crippen LogP contribution in [0.1, 0.15) is 12.5 Å². The van der Waals surface area contributed by atoms with Crippen LogP contribution < -0.4 is 20.9 Å². The Balaban J connectivity index is 1.96. The summed E-state index contributed by atoms with van der Waals surface area (Å²) in [5, 5.41) is 0. The summed E-state index contributed by atoms with van der Waals surface area (Å²) in [6.07, 6.45) is 3.61. The van der Waals surface area contributed by atoms with Gasteiger partial charge in [0.2, 0.25) is 5.95 Å². The molecule has 4 rings (SSSR count). The average molecular weight is 381 g/mol. The van der Waals surface area contributed by atoms with E-state index in [-0.39, 0.29) is 17.8 Å². The average Bonchev–Trinajstić information content (AvgIpc) is 3.25. The Hall–Kier alpha value is -3.29. The number of anilines is 2. The van der Waals surface area contributed by atoms with Gasteiger partial charge in [-0.2, -0.15) is 4.98 Å². The smallest absolute Gasteiger partial charge is 0.332 e. The van der Waals surface area contributed by atoms with Crippen molar-refractivity contribution < 1.29 is 4.74 Å². The second-order valence-electron chi connectivity index (χ2n) is 6.89. The third kappa shape index (κ3) is 2.56. The Labute approximate surface area is 161 Å². The van der Waals surface area contributed by atoms with Crippen molar-refractivity contribution in [3.8, 4) is 5.75 Å². The Bertz CT molecular complexity index is 1220. The van der Waals surface area contributed by atoms with Gasteiger partial charge in [-0.1, -0.05) is 18.2 Å². The quantitative estimate of drug-likeness (QED) is 0.646. The number of rotatable bonds is 4. The van der Waals surface area contributed by atoms with Gasteiger partial charge in [0.25, 0.3) is 5.56 Å². The molecule has 0 fully saturated rings. The number of methoxy groups -OCH3 is 1. The van der Waals surface area contributed by atoms with Crippen molar-refractivity contribution in [3.63, 3.8) is 0 Å². The molecule has 8 nitrogen and oxygen atoms in total. The van der Waals surface area contributed by atoms with Crippen LogP contribution in [0.5, 0.6) is 5.75 Å². The number of fused-ring (bicyclic) bond motifs is 3. The molecule has 0 aliphatic carbocycles. The summed E-state index contributed by atoms with van der Waals surface area (Å²) >= 11 is 0. The highest BCUT2D eigenvalue weighted by Crippen LogP contribution is 2.37. The number of allylic oxidation sites excluding steroid dienone is 2. The molecular formula is C20H23N5O3. The van der Waals surface area contributed by atoms with Crippen molar-refractivity contribution in [2.75, 3.05) is 18.6 Å². The fourth-order valence-corrected chi connectivity index (χ4v) is 3.69. The molecular weight excluding hydrogens is 358 g/mol. The molecule has 146 valence electrons. The van der Waals surface area contributed by atoms with Crippen molar-refractivity contribution in [2.45, 2.75) is 26.9 Å². The standard InChI is InChI=1S/C20H23N5O3/c1-5-6-9-25-18(26)16-17(22(3)20(25)27)21-19-23(10-11-24(16)19)14-12-13(2)7-8-15(14)28-4/h5-8,12H,9-11H2,1-4H3. The third-order valence-corrected chi connectivity index (χ3v) is 5.15. The summed E-state index contributed by atoms with van der Waals surface area (Å²) in [6.45, 7) is 5.41. The summed E-state index contributed by atoms with van der Waals surface area (Å²) in [4.78, 5) is 32.4. The van der Waals surface area contributed by atoms with Gasteiger partial charge in [-0.05, 0) is 31.5 Å². The van der Waals surface area contributed by atoms with Gasteiger partial charge in [-0.3, -0.25) is 13.9 Å². The topological polar surface area (TPSA) is 74.3 Å². The fourth-order valence-electron chi connectivity index (χ4n) is 3.69. The van der Waals surface area contributed by atoms with Gasteiger partial charge >= 0.3 is 5.69 Å². The van der Waals surface area contributed by atoms with E-state index in [0.29, 0.717) is 30.2 Å². The number of aromatic nitrogens is 4. The second-order valence-corrected chi connectivity index (χ2v) is 6.89. The van der Waals surface area contributed by atoms with Crippen LogP contribution >= 0.6 is 0 Å². The maximum absolute atomic E-state index is 13.1. The molecule has 3 heterocycles. The van der Waals surface area contributed by atoms with Gasteiger partial charge in [0.05, 0.1) is 12.8 Å². The van der Waals surface area contributed by atoms with E-state index in [1.165, 1.54) is 9.13 Å². The molecule has 0 amide bonds. The lowest BCUT2D eigenvalue weighted by molar-refractivity contribution is 0.415. The van der Waals surface area contributed by atoms with Gasteiger partial charge in [0.15, 0.2) is 11.2 Å². The maximum Gasteiger partial charge on any atom is 0.332 e. The van der Waals surface area contributed by atoms with Gasteiger partial charge in [-0.25, -0.2) is 4.79 Å². The summed E-state index contributed by atoms with van der Waals surface area (Å²) in [7, 11) is 3.29. The van der Waals surface area contributed by atoms with E-state index in [2.05, 4.69) is 4.98 Å². The van der Waals surface area contributed by atoms with Crippen LogP contribution in [0.2, 0.25) is 0 Å². The molecule has 0 saturated carbocycles. The predicted octanol–water partition coefficient (Wildman–Crippen LogP) is 1.94. The Morgan fingerprint density at radius 2 is 2.04 bits per heavy atom. The van der Waals surface area contributed by atoms with E-state index in [9.17, 15) is 9.59 Å². The van der Waals surface area contributed by atoms with E-state index in [1.807, 2.05) is 47.6 Å². The molecule has 28 heavy (non-hydrogen) atoms. The number of imidazole rings is 1. The lowest BCUT2D eigenvalue weighted by Gasteiger charge is -2.19. The first kappa shape index (κ1) is 18.1. The van der Waals surface area contributed by atoms with E-state index in [0.717, 1.165) is 17.0 Å². The largest absolute Gasteiger partial charge is 0.495 e. The Morgan fingerprint density at radius 3 is 2.75 bits per heavy atom. The molecule has 8 heteroatoms. The Morgan fingerprint density at radius 1 is 1.25 bits per heavy atom. The number of hydrogen-bond donors (Lipinski definition) is 0. The molecule has 1 aliphatic rings. The van der Waals surface area contributed by atoms with E-state index < -0.39 is 0 Å². The molecule has 0 radical (unpaired) electrons. The highest BCUT2D eigenvalue weighted by atomic mass is 16.5. The van der Waals surface area contributed by atoms with E-state index in [1.54, 1.807) is 20.2 Å². The number of aryl methyl sites for hydroxylation is 2. The molecule has 0 saturated heterocycles. The molecule has 0 unspecified atom stereocenters. The SMILES string of the molecule is CC=CCn1c(=O)c2c(nc3n2CCN3c2cc(C)ccc2OC)n(C)c1=O. The zero-order chi connectivity index (χ0) is 20.0. The minimum Gasteiger partial charge on any atom is -0.495 e. The summed E-state index contributed by atoms with van der Waals surface area (Å²) < 4.78 is 10.1. The monoisotopic (exact) mass is 381 g/mol. The molecule has 1 aliphatic heterocycles. The van der Waals surface area contributed by atoms with Crippen molar-refractivity contribution in [3.05, 3.63) is 56.8 Å². The van der Waals surface area contributed by atoms with Gasteiger partial charge in [0, 0.05) is 26.7 Å². The van der Waals surface area contributed by atoms with Crippen LogP contribution in [-0.4, -0.2) is 32.3 Å². The second kappa shape index (κ2) is 6.70. The van der Waals surface area contributed by atoms with Crippen LogP contribution in [0.15, 0.2) is 39.9 Å². The van der Waals surface area contributed by atoms with Crippen LogP contribution in [0.4, 0.5) is 11.6 Å². The summed E-state index contributed by atoms with van der Waals surface area (Å²) in [5.41, 5.74) is 2.18. The van der Waals surface area contributed by atoms with Crippen molar-refractivity contribution in [2.24, 2.45) is 7.05 Å². The predicted molar refractivity (Wildman–Crippen MR) is 109 cm³/mol. The number of benzene rings is 1. The first-order valence-corrected chi connectivity index (χ1v) is 9.21. The summed E-state index contributed by atoms with van der Waals surface area (Å²) in [6, 6.07) is 5.96. The lowest BCUT2D eigenvalue weighted by Crippen LogP contribution is -2.39. The van der Waals surface area contributed by atoms with Crippen molar-refractivity contribution in [1.29, 1.82) is 0 Å². The molecule has 2 aromatic heterocycles. The summed E-state index contributed by atoms with van der Waals surface area (Å²) in [5.74, 6) is 1.39. The number of hydrogen-bond acceptors (Lipinski definition) is 5. The molecule has 1 aromatic carbocycles. The van der Waals surface area contributed by atoms with Gasteiger partial charge < -0.3 is 14.2 Å². The molecule has 3 aromatic rings. The lowest BCUT2D eigenvalue weighted by atomic mass is 10.2.